The summed E-state index contributed by atoms with van der Waals surface area (Å²) >= 11 is 0. The van der Waals surface area contributed by atoms with Crippen LogP contribution in [0.2, 0.25) is 0 Å². The molecule has 5 atom stereocenters. The monoisotopic (exact) mass is 322 g/mol. The molecule has 0 unspecified atom stereocenters. The Balaban J connectivity index is 2.16. The maximum Gasteiger partial charge on any atom is 0.303 e. The Morgan fingerprint density at radius 1 is 1.35 bits per heavy atom. The van der Waals surface area contributed by atoms with Crippen molar-refractivity contribution in [2.45, 2.75) is 78.7 Å². The number of carboxylic acids is 1. The van der Waals surface area contributed by atoms with Crippen molar-refractivity contribution in [1.82, 2.24) is 0 Å². The molecule has 0 amide bonds. The summed E-state index contributed by atoms with van der Waals surface area (Å²) in [5, 5.41) is 19.4. The predicted octanol–water partition coefficient (Wildman–Crippen LogP) is 4.65. The van der Waals surface area contributed by atoms with E-state index in [4.69, 9.17) is 5.11 Å². The van der Waals surface area contributed by atoms with E-state index in [2.05, 4.69) is 27.4 Å². The van der Waals surface area contributed by atoms with Crippen molar-refractivity contribution in [2.24, 2.45) is 28.6 Å². The highest BCUT2D eigenvalue weighted by atomic mass is 16.4. The van der Waals surface area contributed by atoms with Crippen LogP contribution in [0.3, 0.4) is 0 Å². The van der Waals surface area contributed by atoms with Gasteiger partial charge in [-0.25, -0.2) is 0 Å². The van der Waals surface area contributed by atoms with Crippen LogP contribution in [0.25, 0.3) is 0 Å². The van der Waals surface area contributed by atoms with Crippen LogP contribution in [0.15, 0.2) is 12.2 Å². The second-order valence-corrected chi connectivity index (χ2v) is 9.14. The molecule has 0 bridgehead atoms. The van der Waals surface area contributed by atoms with Gasteiger partial charge in [-0.15, -0.1) is 0 Å². The van der Waals surface area contributed by atoms with Crippen molar-refractivity contribution in [2.75, 3.05) is 0 Å². The number of fused-ring (bicyclic) bond motifs is 1. The van der Waals surface area contributed by atoms with Crippen LogP contribution in [-0.2, 0) is 4.79 Å². The molecule has 2 N–H and O–H groups in total. The third-order valence-corrected chi connectivity index (χ3v) is 6.69. The largest absolute Gasteiger partial charge is 0.481 e. The van der Waals surface area contributed by atoms with Gasteiger partial charge in [0.05, 0.1) is 6.10 Å². The molecule has 23 heavy (non-hydrogen) atoms. The minimum absolute atomic E-state index is 0.0967. The summed E-state index contributed by atoms with van der Waals surface area (Å²) < 4.78 is 0. The summed E-state index contributed by atoms with van der Waals surface area (Å²) in [5.41, 5.74) is 1.58. The first-order valence-corrected chi connectivity index (χ1v) is 9.14. The van der Waals surface area contributed by atoms with Crippen molar-refractivity contribution in [1.29, 1.82) is 0 Å². The third kappa shape index (κ3) is 3.81. The molecule has 2 fully saturated rings. The lowest BCUT2D eigenvalue weighted by Gasteiger charge is -2.59. The second kappa shape index (κ2) is 6.58. The first kappa shape index (κ1) is 18.5. The van der Waals surface area contributed by atoms with Gasteiger partial charge in [-0.1, -0.05) is 39.8 Å². The lowest BCUT2D eigenvalue weighted by molar-refractivity contribution is -0.138. The zero-order valence-corrected chi connectivity index (χ0v) is 15.3. The van der Waals surface area contributed by atoms with E-state index >= 15 is 0 Å². The van der Waals surface area contributed by atoms with E-state index in [-0.39, 0.29) is 29.3 Å². The van der Waals surface area contributed by atoms with Crippen molar-refractivity contribution in [3.63, 3.8) is 0 Å². The van der Waals surface area contributed by atoms with Gasteiger partial charge in [0.25, 0.3) is 0 Å². The summed E-state index contributed by atoms with van der Waals surface area (Å²) in [4.78, 5) is 10.9. The number of hydrogen-bond donors (Lipinski definition) is 2. The zero-order chi connectivity index (χ0) is 17.4. The highest BCUT2D eigenvalue weighted by molar-refractivity contribution is 5.66. The molecule has 3 heteroatoms. The summed E-state index contributed by atoms with van der Waals surface area (Å²) in [6.45, 7) is 13.3. The van der Waals surface area contributed by atoms with Gasteiger partial charge in [0.2, 0.25) is 0 Å². The molecular weight excluding hydrogens is 288 g/mol. The van der Waals surface area contributed by atoms with Crippen LogP contribution in [0.5, 0.6) is 0 Å². The van der Waals surface area contributed by atoms with Crippen LogP contribution in [0.1, 0.15) is 72.6 Å². The van der Waals surface area contributed by atoms with Crippen molar-refractivity contribution < 1.29 is 15.0 Å². The Kier molecular flexibility index (Phi) is 5.30. The molecule has 132 valence electrons. The Bertz CT molecular complexity index is 468. The highest BCUT2D eigenvalue weighted by Crippen LogP contribution is 2.61. The van der Waals surface area contributed by atoms with Gasteiger partial charge in [-0.3, -0.25) is 4.79 Å². The van der Waals surface area contributed by atoms with Gasteiger partial charge in [-0.05, 0) is 67.1 Å². The molecule has 0 aromatic rings. The number of carboxylic acid groups (broad SMARTS) is 1. The molecule has 0 aromatic heterocycles. The fraction of sp³-hybridized carbons (Fsp3) is 0.850. The molecule has 0 aliphatic heterocycles. The molecule has 2 saturated carbocycles. The summed E-state index contributed by atoms with van der Waals surface area (Å²) in [7, 11) is 0. The van der Waals surface area contributed by atoms with Crippen LogP contribution in [0, 0.1) is 28.6 Å². The number of aliphatic hydroxyl groups excluding tert-OH is 1. The van der Waals surface area contributed by atoms with Gasteiger partial charge in [0.15, 0.2) is 0 Å². The van der Waals surface area contributed by atoms with E-state index in [0.29, 0.717) is 11.8 Å². The van der Waals surface area contributed by atoms with Crippen molar-refractivity contribution >= 4 is 5.97 Å². The second-order valence-electron chi connectivity index (χ2n) is 9.14. The quantitative estimate of drug-likeness (QED) is 0.725. The fourth-order valence-corrected chi connectivity index (χ4v) is 5.83. The summed E-state index contributed by atoms with van der Waals surface area (Å²) in [5.74, 6) is 0.513. The number of hydrogen-bond acceptors (Lipinski definition) is 2. The molecule has 2 aliphatic carbocycles. The third-order valence-electron chi connectivity index (χ3n) is 6.69. The van der Waals surface area contributed by atoms with E-state index in [1.54, 1.807) is 0 Å². The van der Waals surface area contributed by atoms with Crippen LogP contribution in [-0.4, -0.2) is 22.3 Å². The Labute approximate surface area is 141 Å². The first-order valence-electron chi connectivity index (χ1n) is 9.14. The molecule has 0 saturated heterocycles. The SMILES string of the molecule is C=C1CC[C@H]2C(C)(C)C[C@@H](O)C[C@]2(C)[C@H]1CC[C@@H](C)CC(=O)O. The number of allylic oxidation sites excluding steroid dienone is 1. The standard InChI is InChI=1S/C20H34O3/c1-13(10-18(22)23)6-8-16-14(2)7-9-17-19(3,4)11-15(21)12-20(16,17)5/h13,15-17,21H,2,6-12H2,1,3-5H3,(H,22,23)/t13-,15-,16+,17+,20-/m1/s1. The summed E-state index contributed by atoms with van der Waals surface area (Å²) in [6, 6.07) is 0. The van der Waals surface area contributed by atoms with E-state index in [0.717, 1.165) is 32.1 Å². The normalized spacial score (nSPS) is 38.0. The van der Waals surface area contributed by atoms with Gasteiger partial charge < -0.3 is 10.2 Å². The lowest BCUT2D eigenvalue weighted by Crippen LogP contribution is -2.53. The van der Waals surface area contributed by atoms with Gasteiger partial charge in [-0.2, -0.15) is 0 Å². The lowest BCUT2D eigenvalue weighted by atomic mass is 9.46. The molecule has 0 radical (unpaired) electrons. The fourth-order valence-electron chi connectivity index (χ4n) is 5.83. The van der Waals surface area contributed by atoms with Gasteiger partial charge >= 0.3 is 5.97 Å². The minimum atomic E-state index is -0.710. The molecule has 0 aromatic carbocycles. The topological polar surface area (TPSA) is 57.5 Å². The minimum Gasteiger partial charge on any atom is -0.481 e. The van der Waals surface area contributed by atoms with Gasteiger partial charge in [0.1, 0.15) is 0 Å². The smallest absolute Gasteiger partial charge is 0.303 e. The average molecular weight is 322 g/mol. The van der Waals surface area contributed by atoms with Crippen LogP contribution < -0.4 is 0 Å². The predicted molar refractivity (Wildman–Crippen MR) is 93.1 cm³/mol. The number of aliphatic hydroxyl groups is 1. The van der Waals surface area contributed by atoms with E-state index in [9.17, 15) is 9.90 Å². The number of aliphatic carboxylic acids is 1. The number of carbonyl (C=O) groups is 1. The van der Waals surface area contributed by atoms with Gasteiger partial charge in [0, 0.05) is 6.42 Å². The maximum atomic E-state index is 10.9. The zero-order valence-electron chi connectivity index (χ0n) is 15.3. The Morgan fingerprint density at radius 2 is 2.00 bits per heavy atom. The summed E-state index contributed by atoms with van der Waals surface area (Å²) in [6.07, 6.45) is 5.95. The maximum absolute atomic E-state index is 10.9. The van der Waals surface area contributed by atoms with Crippen molar-refractivity contribution in [3.8, 4) is 0 Å². The molecule has 2 rings (SSSR count). The molecule has 2 aliphatic rings. The molecule has 0 spiro atoms. The van der Waals surface area contributed by atoms with Crippen LogP contribution in [0.4, 0.5) is 0 Å². The molecular formula is C20H34O3. The van der Waals surface area contributed by atoms with E-state index in [1.807, 2.05) is 6.92 Å². The molecule has 0 heterocycles. The highest BCUT2D eigenvalue weighted by Gasteiger charge is 2.54. The first-order chi connectivity index (χ1) is 10.6. The van der Waals surface area contributed by atoms with E-state index < -0.39 is 5.97 Å². The number of rotatable bonds is 5. The van der Waals surface area contributed by atoms with Crippen LogP contribution >= 0.6 is 0 Å². The molecule has 3 nitrogen and oxygen atoms in total. The van der Waals surface area contributed by atoms with E-state index in [1.165, 1.54) is 12.0 Å². The Hall–Kier alpha value is -0.830. The average Bonchev–Trinajstić information content (AvgIpc) is 2.34. The van der Waals surface area contributed by atoms with Crippen molar-refractivity contribution in [3.05, 3.63) is 12.2 Å². The Morgan fingerprint density at radius 3 is 2.61 bits per heavy atom.